The number of hydrogen-bond acceptors (Lipinski definition) is 7. The van der Waals surface area contributed by atoms with E-state index in [9.17, 15) is 24.5 Å². The predicted molar refractivity (Wildman–Crippen MR) is 117 cm³/mol. The van der Waals surface area contributed by atoms with Gasteiger partial charge in [-0.15, -0.1) is 0 Å². The van der Waals surface area contributed by atoms with E-state index in [4.69, 9.17) is 16.3 Å². The van der Waals surface area contributed by atoms with E-state index >= 15 is 0 Å². The van der Waals surface area contributed by atoms with Gasteiger partial charge in [0.15, 0.2) is 0 Å². The van der Waals surface area contributed by atoms with E-state index in [1.54, 1.807) is 13.0 Å². The number of halogens is 1. The van der Waals surface area contributed by atoms with Gasteiger partial charge < -0.3 is 14.4 Å². The zero-order chi connectivity index (χ0) is 23.7. The monoisotopic (exact) mass is 460 g/mol. The summed E-state index contributed by atoms with van der Waals surface area (Å²) in [5.41, 5.74) is 0.595. The van der Waals surface area contributed by atoms with Crippen LogP contribution in [0.5, 0.6) is 0 Å². The number of hydrogen-bond donors (Lipinski definition) is 0. The molecule has 0 fully saturated rings. The Morgan fingerprint density at radius 2 is 1.84 bits per heavy atom. The van der Waals surface area contributed by atoms with Crippen molar-refractivity contribution >= 4 is 41.2 Å². The van der Waals surface area contributed by atoms with E-state index in [0.717, 1.165) is 11.0 Å². The molecule has 0 aliphatic carbocycles. The third-order valence-corrected chi connectivity index (χ3v) is 4.54. The molecule has 0 aliphatic rings. The summed E-state index contributed by atoms with van der Waals surface area (Å²) < 4.78 is 9.44. The van der Waals surface area contributed by atoms with Crippen molar-refractivity contribution in [1.82, 2.24) is 4.90 Å². The van der Waals surface area contributed by atoms with Crippen molar-refractivity contribution in [3.8, 4) is 0 Å². The SMILES string of the molecule is CCOC(=O)CN(Cc1ccc(C=CC(=O)OC)cc1[N+](=O)[O-])C(=O)c1ccc(Cl)cc1. The number of benzene rings is 2. The van der Waals surface area contributed by atoms with Gasteiger partial charge in [-0.05, 0) is 48.9 Å². The molecule has 0 bridgehead atoms. The summed E-state index contributed by atoms with van der Waals surface area (Å²) in [6, 6.07) is 10.3. The highest BCUT2D eigenvalue weighted by molar-refractivity contribution is 6.30. The van der Waals surface area contributed by atoms with Crippen LogP contribution in [-0.2, 0) is 25.6 Å². The van der Waals surface area contributed by atoms with Gasteiger partial charge in [0.2, 0.25) is 0 Å². The number of nitro benzene ring substituents is 1. The first-order valence-corrected chi connectivity index (χ1v) is 9.86. The van der Waals surface area contributed by atoms with Crippen LogP contribution in [0.3, 0.4) is 0 Å². The third-order valence-electron chi connectivity index (χ3n) is 4.28. The summed E-state index contributed by atoms with van der Waals surface area (Å²) >= 11 is 5.87. The second kappa shape index (κ2) is 11.6. The zero-order valence-electron chi connectivity index (χ0n) is 17.4. The van der Waals surface area contributed by atoms with Gasteiger partial charge in [-0.25, -0.2) is 4.79 Å². The Bertz CT molecular complexity index is 1040. The lowest BCUT2D eigenvalue weighted by atomic mass is 10.1. The molecule has 10 heteroatoms. The number of rotatable bonds is 9. The number of ether oxygens (including phenoxy) is 2. The molecule has 168 valence electrons. The minimum atomic E-state index is -0.643. The first kappa shape index (κ1) is 24.5. The van der Waals surface area contributed by atoms with Gasteiger partial charge in [-0.1, -0.05) is 17.7 Å². The fourth-order valence-electron chi connectivity index (χ4n) is 2.76. The van der Waals surface area contributed by atoms with Crippen molar-refractivity contribution in [2.24, 2.45) is 0 Å². The summed E-state index contributed by atoms with van der Waals surface area (Å²) in [7, 11) is 1.22. The maximum absolute atomic E-state index is 13.0. The molecule has 0 saturated carbocycles. The number of amides is 1. The molecular formula is C22H21ClN2O7. The molecule has 2 rings (SSSR count). The first-order valence-electron chi connectivity index (χ1n) is 9.49. The van der Waals surface area contributed by atoms with Crippen LogP contribution in [0.25, 0.3) is 6.08 Å². The van der Waals surface area contributed by atoms with Crippen LogP contribution in [0.4, 0.5) is 5.69 Å². The summed E-state index contributed by atoms with van der Waals surface area (Å²) in [6.45, 7) is 1.16. The molecule has 0 aliphatic heterocycles. The molecule has 0 atom stereocenters. The molecule has 0 N–H and O–H groups in total. The Labute approximate surface area is 189 Å². The number of esters is 2. The molecule has 0 spiro atoms. The highest BCUT2D eigenvalue weighted by Gasteiger charge is 2.24. The maximum atomic E-state index is 13.0. The fourth-order valence-corrected chi connectivity index (χ4v) is 2.89. The van der Waals surface area contributed by atoms with E-state index in [-0.39, 0.29) is 30.0 Å². The molecule has 2 aromatic carbocycles. The lowest BCUT2D eigenvalue weighted by Gasteiger charge is -2.22. The fraction of sp³-hybridized carbons (Fsp3) is 0.227. The van der Waals surface area contributed by atoms with Crippen LogP contribution >= 0.6 is 11.6 Å². The molecule has 32 heavy (non-hydrogen) atoms. The second-order valence-corrected chi connectivity index (χ2v) is 6.91. The van der Waals surface area contributed by atoms with E-state index in [0.29, 0.717) is 10.6 Å². The van der Waals surface area contributed by atoms with Gasteiger partial charge in [-0.2, -0.15) is 0 Å². The first-order chi connectivity index (χ1) is 15.2. The number of methoxy groups -OCH3 is 1. The van der Waals surface area contributed by atoms with Gasteiger partial charge in [0, 0.05) is 28.3 Å². The number of carbonyl (C=O) groups excluding carboxylic acids is 3. The lowest BCUT2D eigenvalue weighted by Crippen LogP contribution is -2.36. The van der Waals surface area contributed by atoms with Crippen molar-refractivity contribution in [2.45, 2.75) is 13.5 Å². The summed E-state index contributed by atoms with van der Waals surface area (Å²) in [4.78, 5) is 48.5. The summed E-state index contributed by atoms with van der Waals surface area (Å²) in [5.74, 6) is -1.76. The molecular weight excluding hydrogens is 440 g/mol. The molecule has 0 saturated heterocycles. The van der Waals surface area contributed by atoms with Crippen molar-refractivity contribution in [1.29, 1.82) is 0 Å². The average molecular weight is 461 g/mol. The maximum Gasteiger partial charge on any atom is 0.330 e. The zero-order valence-corrected chi connectivity index (χ0v) is 18.2. The van der Waals surface area contributed by atoms with Crippen LogP contribution in [0.1, 0.15) is 28.4 Å². The smallest absolute Gasteiger partial charge is 0.330 e. The van der Waals surface area contributed by atoms with E-state index in [1.807, 2.05) is 0 Å². The molecule has 0 unspecified atom stereocenters. The molecule has 2 aromatic rings. The normalized spacial score (nSPS) is 10.6. The Balaban J connectivity index is 2.38. The van der Waals surface area contributed by atoms with Crippen LogP contribution in [0, 0.1) is 10.1 Å². The van der Waals surface area contributed by atoms with Crippen molar-refractivity contribution < 1.29 is 28.8 Å². The molecule has 9 nitrogen and oxygen atoms in total. The van der Waals surface area contributed by atoms with E-state index in [2.05, 4.69) is 4.74 Å². The summed E-state index contributed by atoms with van der Waals surface area (Å²) in [6.07, 6.45) is 2.51. The van der Waals surface area contributed by atoms with Crippen molar-refractivity contribution in [2.75, 3.05) is 20.3 Å². The number of nitrogens with zero attached hydrogens (tertiary/aromatic N) is 2. The number of carbonyl (C=O) groups is 3. The minimum absolute atomic E-state index is 0.128. The van der Waals surface area contributed by atoms with Crippen LogP contribution in [-0.4, -0.2) is 47.9 Å². The highest BCUT2D eigenvalue weighted by atomic mass is 35.5. The third kappa shape index (κ3) is 6.92. The molecule has 0 heterocycles. The van der Waals surface area contributed by atoms with E-state index < -0.39 is 29.3 Å². The van der Waals surface area contributed by atoms with Gasteiger partial charge in [0.05, 0.1) is 25.2 Å². The standard InChI is InChI=1S/C22H21ClN2O7/c1-3-32-21(27)14-24(22(28)16-7-9-18(23)10-8-16)13-17-6-4-15(5-11-20(26)31-2)12-19(17)25(29)30/h4-12H,3,13-14H2,1-2H3. The van der Waals surface area contributed by atoms with Crippen molar-refractivity contribution in [3.63, 3.8) is 0 Å². The molecule has 0 radical (unpaired) electrons. The number of nitro groups is 1. The Morgan fingerprint density at radius 1 is 1.16 bits per heavy atom. The quantitative estimate of drug-likeness (QED) is 0.243. The Kier molecular flexibility index (Phi) is 8.91. The largest absolute Gasteiger partial charge is 0.466 e. The van der Waals surface area contributed by atoms with Crippen molar-refractivity contribution in [3.05, 3.63) is 80.4 Å². The molecule has 1 amide bonds. The van der Waals surface area contributed by atoms with Gasteiger partial charge in [0.25, 0.3) is 11.6 Å². The van der Waals surface area contributed by atoms with E-state index in [1.165, 1.54) is 49.6 Å². The van der Waals surface area contributed by atoms with Crippen LogP contribution < -0.4 is 0 Å². The van der Waals surface area contributed by atoms with Gasteiger partial charge in [-0.3, -0.25) is 19.7 Å². The molecule has 0 aromatic heterocycles. The lowest BCUT2D eigenvalue weighted by molar-refractivity contribution is -0.385. The second-order valence-electron chi connectivity index (χ2n) is 6.47. The van der Waals surface area contributed by atoms with Crippen LogP contribution in [0.2, 0.25) is 5.02 Å². The average Bonchev–Trinajstić information content (AvgIpc) is 2.77. The Morgan fingerprint density at radius 3 is 2.44 bits per heavy atom. The Hall–Kier alpha value is -3.72. The minimum Gasteiger partial charge on any atom is -0.466 e. The van der Waals surface area contributed by atoms with Gasteiger partial charge >= 0.3 is 11.9 Å². The topological polar surface area (TPSA) is 116 Å². The predicted octanol–water partition coefficient (Wildman–Crippen LogP) is 3.64. The highest BCUT2D eigenvalue weighted by Crippen LogP contribution is 2.24. The van der Waals surface area contributed by atoms with Crippen LogP contribution in [0.15, 0.2) is 48.5 Å². The van der Waals surface area contributed by atoms with Gasteiger partial charge in [0.1, 0.15) is 6.54 Å². The summed E-state index contributed by atoms with van der Waals surface area (Å²) in [5, 5.41) is 12.1.